The standard InChI is InChI=1S/C14H17N3O3/c1-3-20-16-12(18)7-8-17-9-15-13-10(2)5-4-6-11(13)14(17)19/h4-6,9H,3,7-8H2,1-2H3,(H,16,18). The van der Waals surface area contributed by atoms with Crippen LogP contribution in [-0.4, -0.2) is 22.1 Å². The molecule has 1 aromatic heterocycles. The summed E-state index contributed by atoms with van der Waals surface area (Å²) in [6, 6.07) is 5.48. The lowest BCUT2D eigenvalue weighted by molar-refractivity contribution is -0.133. The van der Waals surface area contributed by atoms with Crippen molar-refractivity contribution in [2.75, 3.05) is 6.61 Å². The highest BCUT2D eigenvalue weighted by atomic mass is 16.6. The van der Waals surface area contributed by atoms with Crippen molar-refractivity contribution in [2.45, 2.75) is 26.8 Å². The second kappa shape index (κ2) is 6.29. The topological polar surface area (TPSA) is 73.2 Å². The summed E-state index contributed by atoms with van der Waals surface area (Å²) < 4.78 is 1.44. The molecule has 6 heteroatoms. The predicted octanol–water partition coefficient (Wildman–Crippen LogP) is 1.16. The van der Waals surface area contributed by atoms with Crippen molar-refractivity contribution in [3.8, 4) is 0 Å². The first-order valence-electron chi connectivity index (χ1n) is 6.49. The zero-order valence-electron chi connectivity index (χ0n) is 11.5. The van der Waals surface area contributed by atoms with E-state index in [4.69, 9.17) is 4.84 Å². The largest absolute Gasteiger partial charge is 0.298 e. The predicted molar refractivity (Wildman–Crippen MR) is 75.1 cm³/mol. The molecule has 0 aliphatic carbocycles. The molecule has 2 rings (SSSR count). The van der Waals surface area contributed by atoms with Gasteiger partial charge in [-0.1, -0.05) is 12.1 Å². The third-order valence-electron chi connectivity index (χ3n) is 2.97. The maximum Gasteiger partial charge on any atom is 0.261 e. The molecule has 2 aromatic rings. The number of rotatable bonds is 5. The van der Waals surface area contributed by atoms with Crippen LogP contribution in [0.2, 0.25) is 0 Å². The van der Waals surface area contributed by atoms with Crippen LogP contribution in [0, 0.1) is 6.92 Å². The van der Waals surface area contributed by atoms with Gasteiger partial charge in [-0.25, -0.2) is 10.5 Å². The van der Waals surface area contributed by atoms with Crippen molar-refractivity contribution < 1.29 is 9.63 Å². The van der Waals surface area contributed by atoms with Crippen LogP contribution in [0.15, 0.2) is 29.3 Å². The number of fused-ring (bicyclic) bond motifs is 1. The maximum absolute atomic E-state index is 12.3. The fourth-order valence-corrected chi connectivity index (χ4v) is 1.92. The van der Waals surface area contributed by atoms with Gasteiger partial charge in [0.15, 0.2) is 0 Å². The molecule has 0 bridgehead atoms. The highest BCUT2D eigenvalue weighted by molar-refractivity contribution is 5.80. The summed E-state index contributed by atoms with van der Waals surface area (Å²) in [5.74, 6) is -0.261. The molecule has 0 saturated carbocycles. The van der Waals surface area contributed by atoms with Gasteiger partial charge in [-0.15, -0.1) is 0 Å². The van der Waals surface area contributed by atoms with E-state index in [9.17, 15) is 9.59 Å². The van der Waals surface area contributed by atoms with Gasteiger partial charge >= 0.3 is 0 Å². The van der Waals surface area contributed by atoms with E-state index in [-0.39, 0.29) is 24.4 Å². The summed E-state index contributed by atoms with van der Waals surface area (Å²) in [5, 5.41) is 0.567. The molecule has 20 heavy (non-hydrogen) atoms. The molecule has 0 aliphatic rings. The Morgan fingerprint density at radius 3 is 3.00 bits per heavy atom. The first-order chi connectivity index (χ1) is 9.63. The number of hydroxylamine groups is 1. The normalized spacial score (nSPS) is 10.7. The van der Waals surface area contributed by atoms with Gasteiger partial charge in [-0.2, -0.15) is 0 Å². The lowest BCUT2D eigenvalue weighted by Crippen LogP contribution is -2.27. The van der Waals surface area contributed by atoms with Crippen LogP contribution in [0.25, 0.3) is 10.9 Å². The van der Waals surface area contributed by atoms with Gasteiger partial charge in [0, 0.05) is 13.0 Å². The lowest BCUT2D eigenvalue weighted by atomic mass is 10.1. The van der Waals surface area contributed by atoms with Crippen molar-refractivity contribution in [2.24, 2.45) is 0 Å². The molecule has 0 radical (unpaired) electrons. The second-order valence-corrected chi connectivity index (χ2v) is 4.42. The number of amides is 1. The molecule has 6 nitrogen and oxygen atoms in total. The van der Waals surface area contributed by atoms with Crippen LogP contribution in [0.3, 0.4) is 0 Å². The summed E-state index contributed by atoms with van der Waals surface area (Å²) in [6.45, 7) is 4.37. The van der Waals surface area contributed by atoms with Crippen LogP contribution in [0.4, 0.5) is 0 Å². The average molecular weight is 275 g/mol. The van der Waals surface area contributed by atoms with Crippen molar-refractivity contribution >= 4 is 16.8 Å². The molecule has 1 heterocycles. The quantitative estimate of drug-likeness (QED) is 0.831. The number of hydrogen-bond donors (Lipinski definition) is 1. The molecule has 0 saturated heterocycles. The van der Waals surface area contributed by atoms with Crippen molar-refractivity contribution in [1.29, 1.82) is 0 Å². The highest BCUT2D eigenvalue weighted by Gasteiger charge is 2.07. The fourth-order valence-electron chi connectivity index (χ4n) is 1.92. The summed E-state index contributed by atoms with van der Waals surface area (Å²) in [7, 11) is 0. The number of nitrogens with zero attached hydrogens (tertiary/aromatic N) is 2. The number of benzene rings is 1. The van der Waals surface area contributed by atoms with Crippen LogP contribution < -0.4 is 11.0 Å². The smallest absolute Gasteiger partial charge is 0.261 e. The van der Waals surface area contributed by atoms with Crippen LogP contribution in [-0.2, 0) is 16.2 Å². The maximum atomic E-state index is 12.3. The molecule has 0 fully saturated rings. The van der Waals surface area contributed by atoms with Gasteiger partial charge in [-0.3, -0.25) is 19.0 Å². The summed E-state index contributed by atoms with van der Waals surface area (Å²) in [6.07, 6.45) is 1.64. The Morgan fingerprint density at radius 1 is 1.45 bits per heavy atom. The third kappa shape index (κ3) is 3.03. The Morgan fingerprint density at radius 2 is 2.25 bits per heavy atom. The number of aryl methyl sites for hydroxylation is 2. The molecule has 1 N–H and O–H groups in total. The molecule has 1 aromatic carbocycles. The summed E-state index contributed by atoms with van der Waals surface area (Å²) in [4.78, 5) is 32.8. The minimum atomic E-state index is -0.261. The third-order valence-corrected chi connectivity index (χ3v) is 2.97. The molecule has 0 atom stereocenters. The first-order valence-corrected chi connectivity index (χ1v) is 6.49. The van der Waals surface area contributed by atoms with Gasteiger partial charge in [-0.05, 0) is 25.5 Å². The first kappa shape index (κ1) is 14.2. The minimum absolute atomic E-state index is 0.136. The Bertz CT molecular complexity index is 679. The van der Waals surface area contributed by atoms with Crippen molar-refractivity contribution in [3.05, 3.63) is 40.4 Å². The minimum Gasteiger partial charge on any atom is -0.298 e. The highest BCUT2D eigenvalue weighted by Crippen LogP contribution is 2.11. The molecule has 0 aliphatic heterocycles. The van der Waals surface area contributed by atoms with E-state index >= 15 is 0 Å². The molecule has 106 valence electrons. The molecule has 0 spiro atoms. The van der Waals surface area contributed by atoms with Gasteiger partial charge in [0.1, 0.15) is 0 Å². The zero-order chi connectivity index (χ0) is 14.5. The Hall–Kier alpha value is -2.21. The van der Waals surface area contributed by atoms with Crippen molar-refractivity contribution in [3.63, 3.8) is 0 Å². The molecule has 0 unspecified atom stereocenters. The second-order valence-electron chi connectivity index (χ2n) is 4.42. The number of nitrogens with one attached hydrogen (secondary N) is 1. The van der Waals surface area contributed by atoms with Crippen LogP contribution in [0.5, 0.6) is 0 Å². The van der Waals surface area contributed by atoms with Crippen LogP contribution in [0.1, 0.15) is 18.9 Å². The SMILES string of the molecule is CCONC(=O)CCn1cnc2c(C)cccc2c1=O. The van der Waals surface area contributed by atoms with E-state index in [1.54, 1.807) is 13.0 Å². The van der Waals surface area contributed by atoms with E-state index < -0.39 is 0 Å². The van der Waals surface area contributed by atoms with Gasteiger partial charge < -0.3 is 0 Å². The number of para-hydroxylation sites is 1. The van der Waals surface area contributed by atoms with Crippen molar-refractivity contribution in [1.82, 2.24) is 15.0 Å². The zero-order valence-corrected chi connectivity index (χ0v) is 11.5. The molecular formula is C14H17N3O3. The van der Waals surface area contributed by atoms with E-state index in [1.807, 2.05) is 19.1 Å². The number of carbonyl (C=O) groups is 1. The Balaban J connectivity index is 2.18. The number of hydrogen-bond acceptors (Lipinski definition) is 4. The summed E-state index contributed by atoms with van der Waals surface area (Å²) in [5.41, 5.74) is 3.82. The van der Waals surface area contributed by atoms with Gasteiger partial charge in [0.25, 0.3) is 5.56 Å². The van der Waals surface area contributed by atoms with Gasteiger partial charge in [0.2, 0.25) is 5.91 Å². The molecule has 1 amide bonds. The van der Waals surface area contributed by atoms with Crippen LogP contribution >= 0.6 is 0 Å². The average Bonchev–Trinajstić information content (AvgIpc) is 2.45. The van der Waals surface area contributed by atoms with E-state index in [0.29, 0.717) is 17.5 Å². The number of aromatic nitrogens is 2. The van der Waals surface area contributed by atoms with E-state index in [2.05, 4.69) is 10.5 Å². The van der Waals surface area contributed by atoms with E-state index in [0.717, 1.165) is 5.56 Å². The monoisotopic (exact) mass is 275 g/mol. The van der Waals surface area contributed by atoms with Gasteiger partial charge in [0.05, 0.1) is 23.8 Å². The Kier molecular flexibility index (Phi) is 4.47. The molecular weight excluding hydrogens is 258 g/mol. The fraction of sp³-hybridized carbons (Fsp3) is 0.357. The number of carbonyl (C=O) groups excluding carboxylic acids is 1. The lowest BCUT2D eigenvalue weighted by Gasteiger charge is -2.08. The Labute approximate surface area is 116 Å². The van der Waals surface area contributed by atoms with E-state index in [1.165, 1.54) is 10.9 Å². The summed E-state index contributed by atoms with van der Waals surface area (Å²) >= 11 is 0.